The zero-order valence-corrected chi connectivity index (χ0v) is 10.3. The van der Waals surface area contributed by atoms with Crippen molar-refractivity contribution in [2.45, 2.75) is 12.7 Å². The molecule has 1 aromatic carbocycles. The molecule has 0 radical (unpaired) electrons. The predicted molar refractivity (Wildman–Crippen MR) is 70.1 cm³/mol. The fourth-order valence-electron chi connectivity index (χ4n) is 1.73. The molecule has 106 valence electrons. The molecule has 4 nitrogen and oxygen atoms in total. The molecule has 0 fully saturated rings. The van der Waals surface area contributed by atoms with Crippen LogP contribution in [0, 0.1) is 0 Å². The lowest BCUT2D eigenvalue weighted by molar-refractivity contribution is -0.137. The number of alkyl halides is 3. The zero-order chi connectivity index (χ0) is 14.9. The summed E-state index contributed by atoms with van der Waals surface area (Å²) in [6.07, 6.45) is -2.92. The highest BCUT2D eigenvalue weighted by atomic mass is 19.4. The summed E-state index contributed by atoms with van der Waals surface area (Å²) in [4.78, 5) is 11.8. The van der Waals surface area contributed by atoms with Gasteiger partial charge in [0.05, 0.1) is 17.8 Å². The molecule has 0 atom stereocenters. The van der Waals surface area contributed by atoms with Crippen LogP contribution in [0.15, 0.2) is 41.3 Å². The van der Waals surface area contributed by atoms with Crippen molar-refractivity contribution in [3.8, 4) is 0 Å². The maximum atomic E-state index is 12.4. The SMILES string of the molecule is Nc1ccn(Cc2ccc(C(F)(F)F)cc2)c(=O)c1N. The second-order valence-corrected chi connectivity index (χ2v) is 4.31. The molecular weight excluding hydrogens is 271 g/mol. The summed E-state index contributed by atoms with van der Waals surface area (Å²) in [5.41, 5.74) is 10.5. The summed E-state index contributed by atoms with van der Waals surface area (Å²) in [5.74, 6) is 0. The van der Waals surface area contributed by atoms with Gasteiger partial charge in [-0.2, -0.15) is 13.2 Å². The van der Waals surface area contributed by atoms with Gasteiger partial charge in [-0.25, -0.2) is 0 Å². The van der Waals surface area contributed by atoms with E-state index in [0.717, 1.165) is 12.1 Å². The molecule has 4 N–H and O–H groups in total. The quantitative estimate of drug-likeness (QED) is 0.886. The third kappa shape index (κ3) is 2.76. The van der Waals surface area contributed by atoms with Crippen LogP contribution in [0.2, 0.25) is 0 Å². The van der Waals surface area contributed by atoms with Gasteiger partial charge < -0.3 is 16.0 Å². The number of benzene rings is 1. The van der Waals surface area contributed by atoms with E-state index >= 15 is 0 Å². The number of halogens is 3. The Morgan fingerprint density at radius 2 is 1.65 bits per heavy atom. The van der Waals surface area contributed by atoms with Crippen molar-refractivity contribution in [3.05, 3.63) is 58.0 Å². The molecule has 0 aliphatic carbocycles. The second-order valence-electron chi connectivity index (χ2n) is 4.31. The van der Waals surface area contributed by atoms with Crippen molar-refractivity contribution >= 4 is 11.4 Å². The summed E-state index contributed by atoms with van der Waals surface area (Å²) in [6, 6.07) is 6.06. The molecule has 0 aliphatic heterocycles. The van der Waals surface area contributed by atoms with Gasteiger partial charge in [0.15, 0.2) is 0 Å². The Bertz CT molecular complexity index is 675. The van der Waals surface area contributed by atoms with E-state index in [4.69, 9.17) is 11.5 Å². The number of nitrogens with zero attached hydrogens (tertiary/aromatic N) is 1. The standard InChI is InChI=1S/C13H12F3N3O/c14-13(15,16)9-3-1-8(2-4-9)7-19-6-5-10(17)11(18)12(19)20/h1-6H,7,17-18H2. The van der Waals surface area contributed by atoms with Gasteiger partial charge >= 0.3 is 6.18 Å². The lowest BCUT2D eigenvalue weighted by atomic mass is 10.1. The van der Waals surface area contributed by atoms with Gasteiger partial charge in [0.2, 0.25) is 0 Å². The summed E-state index contributed by atoms with van der Waals surface area (Å²) < 4.78 is 38.6. The largest absolute Gasteiger partial charge is 0.416 e. The van der Waals surface area contributed by atoms with Gasteiger partial charge in [0, 0.05) is 6.20 Å². The van der Waals surface area contributed by atoms with E-state index in [1.807, 2.05) is 0 Å². The number of hydrogen-bond donors (Lipinski definition) is 2. The van der Waals surface area contributed by atoms with E-state index in [9.17, 15) is 18.0 Å². The van der Waals surface area contributed by atoms with Crippen LogP contribution in [0.25, 0.3) is 0 Å². The second kappa shape index (κ2) is 4.92. The Labute approximate surface area is 112 Å². The first-order chi connectivity index (χ1) is 9.29. The summed E-state index contributed by atoms with van der Waals surface area (Å²) in [6.45, 7) is 0.126. The minimum Gasteiger partial charge on any atom is -0.397 e. The Morgan fingerprint density at radius 1 is 1.05 bits per heavy atom. The first-order valence-corrected chi connectivity index (χ1v) is 5.69. The molecule has 20 heavy (non-hydrogen) atoms. The van der Waals surface area contributed by atoms with Crippen molar-refractivity contribution in [2.24, 2.45) is 0 Å². The summed E-state index contributed by atoms with van der Waals surface area (Å²) >= 11 is 0. The number of nitrogen functional groups attached to an aromatic ring is 2. The van der Waals surface area contributed by atoms with Gasteiger partial charge in [0.1, 0.15) is 5.69 Å². The molecule has 7 heteroatoms. The summed E-state index contributed by atoms with van der Waals surface area (Å²) in [7, 11) is 0. The Balaban J connectivity index is 2.28. The molecule has 2 aromatic rings. The van der Waals surface area contributed by atoms with Crippen LogP contribution in [0.4, 0.5) is 24.5 Å². The predicted octanol–water partition coefficient (Wildman–Crippen LogP) is 2.08. The molecule has 0 saturated heterocycles. The van der Waals surface area contributed by atoms with Gasteiger partial charge in [-0.05, 0) is 23.8 Å². The fourth-order valence-corrected chi connectivity index (χ4v) is 1.73. The van der Waals surface area contributed by atoms with Crippen molar-refractivity contribution < 1.29 is 13.2 Å². The van der Waals surface area contributed by atoms with Crippen LogP contribution in [-0.2, 0) is 12.7 Å². The number of rotatable bonds is 2. The smallest absolute Gasteiger partial charge is 0.397 e. The zero-order valence-electron chi connectivity index (χ0n) is 10.3. The molecule has 2 rings (SSSR count). The van der Waals surface area contributed by atoms with E-state index in [1.165, 1.54) is 29.0 Å². The normalized spacial score (nSPS) is 11.6. The van der Waals surface area contributed by atoms with Gasteiger partial charge in [-0.1, -0.05) is 12.1 Å². The monoisotopic (exact) mass is 283 g/mol. The third-order valence-corrected chi connectivity index (χ3v) is 2.87. The lowest BCUT2D eigenvalue weighted by Crippen LogP contribution is -2.24. The maximum absolute atomic E-state index is 12.4. The minimum absolute atomic E-state index is 0.0700. The number of nitrogens with two attached hydrogens (primary N) is 2. The molecule has 0 aliphatic rings. The Morgan fingerprint density at radius 3 is 2.20 bits per heavy atom. The molecule has 0 unspecified atom stereocenters. The number of hydrogen-bond acceptors (Lipinski definition) is 3. The third-order valence-electron chi connectivity index (χ3n) is 2.87. The molecule has 1 heterocycles. The molecule has 1 aromatic heterocycles. The van der Waals surface area contributed by atoms with Crippen LogP contribution in [0.5, 0.6) is 0 Å². The Kier molecular flexibility index (Phi) is 3.44. The summed E-state index contributed by atoms with van der Waals surface area (Å²) in [5, 5.41) is 0. The van der Waals surface area contributed by atoms with Crippen molar-refractivity contribution in [1.29, 1.82) is 0 Å². The molecule has 0 bridgehead atoms. The molecule has 0 spiro atoms. The maximum Gasteiger partial charge on any atom is 0.416 e. The highest BCUT2D eigenvalue weighted by Gasteiger charge is 2.29. The molecule has 0 saturated carbocycles. The first-order valence-electron chi connectivity index (χ1n) is 5.69. The van der Waals surface area contributed by atoms with Gasteiger partial charge in [-0.15, -0.1) is 0 Å². The Hall–Kier alpha value is -2.44. The van der Waals surface area contributed by atoms with E-state index in [-0.39, 0.29) is 17.9 Å². The van der Waals surface area contributed by atoms with Crippen LogP contribution < -0.4 is 17.0 Å². The number of aromatic nitrogens is 1. The van der Waals surface area contributed by atoms with Crippen LogP contribution in [0.1, 0.15) is 11.1 Å². The van der Waals surface area contributed by atoms with E-state index in [2.05, 4.69) is 0 Å². The van der Waals surface area contributed by atoms with Crippen molar-refractivity contribution in [3.63, 3.8) is 0 Å². The van der Waals surface area contributed by atoms with E-state index < -0.39 is 17.3 Å². The number of pyridine rings is 1. The minimum atomic E-state index is -4.37. The highest BCUT2D eigenvalue weighted by molar-refractivity contribution is 5.60. The average molecular weight is 283 g/mol. The van der Waals surface area contributed by atoms with Crippen molar-refractivity contribution in [1.82, 2.24) is 4.57 Å². The average Bonchev–Trinajstić information content (AvgIpc) is 2.39. The van der Waals surface area contributed by atoms with E-state index in [1.54, 1.807) is 0 Å². The fraction of sp³-hybridized carbons (Fsp3) is 0.154. The van der Waals surface area contributed by atoms with Gasteiger partial charge in [-0.3, -0.25) is 4.79 Å². The van der Waals surface area contributed by atoms with Crippen molar-refractivity contribution in [2.75, 3.05) is 11.5 Å². The highest BCUT2D eigenvalue weighted by Crippen LogP contribution is 2.29. The molecular formula is C13H12F3N3O. The van der Waals surface area contributed by atoms with Crippen LogP contribution in [0.3, 0.4) is 0 Å². The first kappa shape index (κ1) is 14.0. The van der Waals surface area contributed by atoms with Crippen LogP contribution in [-0.4, -0.2) is 4.57 Å². The molecule has 0 amide bonds. The number of anilines is 2. The van der Waals surface area contributed by atoms with E-state index in [0.29, 0.717) is 5.56 Å². The van der Waals surface area contributed by atoms with Crippen LogP contribution >= 0.6 is 0 Å². The lowest BCUT2D eigenvalue weighted by Gasteiger charge is -2.10. The topological polar surface area (TPSA) is 74.0 Å². The van der Waals surface area contributed by atoms with Gasteiger partial charge in [0.25, 0.3) is 5.56 Å².